The molecule has 0 aromatic heterocycles. The number of rotatable bonds is 9. The smallest absolute Gasteiger partial charge is 0.336 e. The number of unbranched alkanes of at least 4 members (excludes halogenated alkanes) is 4. The number of aliphatic hydroxyl groups excluding tert-OH is 3. The van der Waals surface area contributed by atoms with Crippen molar-refractivity contribution in [2.75, 3.05) is 6.61 Å². The fourth-order valence-electron chi connectivity index (χ4n) is 1.25. The normalized spacial score (nSPS) is 14.5. The van der Waals surface area contributed by atoms with Crippen molar-refractivity contribution in [3.63, 3.8) is 0 Å². The number of ether oxygens (including phenoxy) is 1. The molecule has 96 valence electrons. The SMILES string of the molecule is CC(O)C(=O)OC(O)CCCCCCCO. The van der Waals surface area contributed by atoms with Crippen LogP contribution in [0.2, 0.25) is 0 Å². The second kappa shape index (κ2) is 9.57. The fraction of sp³-hybridized carbons (Fsp3) is 0.909. The van der Waals surface area contributed by atoms with Crippen LogP contribution in [0.1, 0.15) is 45.4 Å². The van der Waals surface area contributed by atoms with Crippen LogP contribution in [-0.2, 0) is 9.53 Å². The molecule has 3 N–H and O–H groups in total. The molecule has 0 aliphatic carbocycles. The van der Waals surface area contributed by atoms with Crippen molar-refractivity contribution in [1.82, 2.24) is 0 Å². The van der Waals surface area contributed by atoms with E-state index in [9.17, 15) is 9.90 Å². The van der Waals surface area contributed by atoms with E-state index in [1.165, 1.54) is 6.92 Å². The molecule has 0 saturated carbocycles. The van der Waals surface area contributed by atoms with Crippen LogP contribution in [-0.4, -0.2) is 40.3 Å². The molecule has 0 aromatic carbocycles. The summed E-state index contributed by atoms with van der Waals surface area (Å²) in [6.07, 6.45) is 2.54. The Bertz CT molecular complexity index is 181. The lowest BCUT2D eigenvalue weighted by molar-refractivity contribution is -0.177. The molecular weight excluding hydrogens is 212 g/mol. The highest BCUT2D eigenvalue weighted by Crippen LogP contribution is 2.08. The summed E-state index contributed by atoms with van der Waals surface area (Å²) >= 11 is 0. The van der Waals surface area contributed by atoms with Gasteiger partial charge in [-0.25, -0.2) is 4.79 Å². The van der Waals surface area contributed by atoms with Crippen LogP contribution in [0, 0.1) is 0 Å². The Morgan fingerprint density at radius 2 is 1.69 bits per heavy atom. The average Bonchev–Trinajstić information content (AvgIpc) is 2.23. The van der Waals surface area contributed by atoms with E-state index in [0.717, 1.165) is 32.1 Å². The molecule has 0 aromatic rings. The highest BCUT2D eigenvalue weighted by Gasteiger charge is 2.15. The molecule has 0 rings (SSSR count). The van der Waals surface area contributed by atoms with Gasteiger partial charge in [-0.05, 0) is 19.8 Å². The monoisotopic (exact) mass is 234 g/mol. The molecule has 0 aliphatic rings. The molecule has 0 amide bonds. The summed E-state index contributed by atoms with van der Waals surface area (Å²) in [5, 5.41) is 26.6. The Labute approximate surface area is 96.0 Å². The third-order valence-electron chi connectivity index (χ3n) is 2.20. The predicted molar refractivity (Wildman–Crippen MR) is 58.6 cm³/mol. The van der Waals surface area contributed by atoms with Gasteiger partial charge >= 0.3 is 5.97 Å². The molecule has 0 aliphatic heterocycles. The first kappa shape index (κ1) is 15.3. The molecular formula is C11H22O5. The summed E-state index contributed by atoms with van der Waals surface area (Å²) in [4.78, 5) is 10.9. The Morgan fingerprint density at radius 3 is 2.25 bits per heavy atom. The number of carbonyl (C=O) groups is 1. The summed E-state index contributed by atoms with van der Waals surface area (Å²) in [5.74, 6) is -0.798. The molecule has 0 heterocycles. The van der Waals surface area contributed by atoms with Crippen molar-refractivity contribution in [2.24, 2.45) is 0 Å². The van der Waals surface area contributed by atoms with Gasteiger partial charge in [-0.15, -0.1) is 0 Å². The maximum absolute atomic E-state index is 10.9. The number of aliphatic hydroxyl groups is 3. The third-order valence-corrected chi connectivity index (χ3v) is 2.20. The molecule has 0 bridgehead atoms. The molecule has 0 spiro atoms. The Balaban J connectivity index is 3.37. The summed E-state index contributed by atoms with van der Waals surface area (Å²) in [7, 11) is 0. The molecule has 0 saturated heterocycles. The van der Waals surface area contributed by atoms with Gasteiger partial charge in [-0.3, -0.25) is 0 Å². The van der Waals surface area contributed by atoms with E-state index in [0.29, 0.717) is 6.42 Å². The van der Waals surface area contributed by atoms with Gasteiger partial charge in [0.1, 0.15) is 6.10 Å². The van der Waals surface area contributed by atoms with Gasteiger partial charge < -0.3 is 20.1 Å². The van der Waals surface area contributed by atoms with E-state index in [1.54, 1.807) is 0 Å². The van der Waals surface area contributed by atoms with Crippen LogP contribution in [0.3, 0.4) is 0 Å². The first-order chi connectivity index (χ1) is 7.57. The first-order valence-corrected chi connectivity index (χ1v) is 5.75. The number of carbonyl (C=O) groups excluding carboxylic acids is 1. The lowest BCUT2D eigenvalue weighted by atomic mass is 10.1. The second-order valence-corrected chi connectivity index (χ2v) is 3.85. The number of hydrogen-bond donors (Lipinski definition) is 3. The quantitative estimate of drug-likeness (QED) is 0.308. The van der Waals surface area contributed by atoms with Gasteiger partial charge in [0, 0.05) is 13.0 Å². The number of hydrogen-bond acceptors (Lipinski definition) is 5. The Hall–Kier alpha value is -0.650. The van der Waals surface area contributed by atoms with Gasteiger partial charge in [0.15, 0.2) is 0 Å². The highest BCUT2D eigenvalue weighted by atomic mass is 16.6. The second-order valence-electron chi connectivity index (χ2n) is 3.85. The minimum atomic E-state index is -1.20. The zero-order chi connectivity index (χ0) is 12.4. The van der Waals surface area contributed by atoms with Gasteiger partial charge in [0.2, 0.25) is 6.29 Å². The van der Waals surface area contributed by atoms with E-state index in [4.69, 9.17) is 10.2 Å². The third kappa shape index (κ3) is 8.64. The highest BCUT2D eigenvalue weighted by molar-refractivity contribution is 5.73. The molecule has 0 fully saturated rings. The molecule has 2 unspecified atom stereocenters. The van der Waals surface area contributed by atoms with Gasteiger partial charge in [-0.2, -0.15) is 0 Å². The first-order valence-electron chi connectivity index (χ1n) is 5.75. The van der Waals surface area contributed by atoms with Crippen molar-refractivity contribution < 1.29 is 24.9 Å². The topological polar surface area (TPSA) is 87.0 Å². The summed E-state index contributed by atoms with van der Waals surface area (Å²) < 4.78 is 4.57. The zero-order valence-corrected chi connectivity index (χ0v) is 9.76. The van der Waals surface area contributed by atoms with Crippen molar-refractivity contribution >= 4 is 5.97 Å². The molecule has 16 heavy (non-hydrogen) atoms. The minimum absolute atomic E-state index is 0.217. The zero-order valence-electron chi connectivity index (χ0n) is 9.76. The number of esters is 1. The van der Waals surface area contributed by atoms with Crippen LogP contribution in [0.25, 0.3) is 0 Å². The Morgan fingerprint density at radius 1 is 1.12 bits per heavy atom. The molecule has 2 atom stereocenters. The maximum Gasteiger partial charge on any atom is 0.336 e. The van der Waals surface area contributed by atoms with Gasteiger partial charge in [0.25, 0.3) is 0 Å². The van der Waals surface area contributed by atoms with Crippen molar-refractivity contribution in [1.29, 1.82) is 0 Å². The van der Waals surface area contributed by atoms with E-state index in [2.05, 4.69) is 4.74 Å². The largest absolute Gasteiger partial charge is 0.434 e. The van der Waals surface area contributed by atoms with Crippen molar-refractivity contribution in [3.8, 4) is 0 Å². The standard InChI is InChI=1S/C11H22O5/c1-9(13)11(15)16-10(14)7-5-3-2-4-6-8-12/h9-10,12-14H,2-8H2,1H3. The predicted octanol–water partition coefficient (Wildman–Crippen LogP) is 0.562. The van der Waals surface area contributed by atoms with Crippen molar-refractivity contribution in [2.45, 2.75) is 57.8 Å². The van der Waals surface area contributed by atoms with Crippen LogP contribution in [0.5, 0.6) is 0 Å². The molecule has 5 heteroatoms. The summed E-state index contributed by atoms with van der Waals surface area (Å²) in [6.45, 7) is 1.51. The van der Waals surface area contributed by atoms with Crippen LogP contribution >= 0.6 is 0 Å². The van der Waals surface area contributed by atoms with Crippen LogP contribution in [0.4, 0.5) is 0 Å². The van der Waals surface area contributed by atoms with Crippen LogP contribution in [0.15, 0.2) is 0 Å². The summed E-state index contributed by atoms with van der Waals surface area (Å²) in [5.41, 5.74) is 0. The van der Waals surface area contributed by atoms with Gasteiger partial charge in [0.05, 0.1) is 0 Å². The van der Waals surface area contributed by atoms with E-state index < -0.39 is 18.4 Å². The maximum atomic E-state index is 10.9. The van der Waals surface area contributed by atoms with E-state index in [-0.39, 0.29) is 6.61 Å². The lowest BCUT2D eigenvalue weighted by Gasteiger charge is -2.12. The lowest BCUT2D eigenvalue weighted by Crippen LogP contribution is -2.25. The minimum Gasteiger partial charge on any atom is -0.434 e. The van der Waals surface area contributed by atoms with E-state index in [1.807, 2.05) is 0 Å². The average molecular weight is 234 g/mol. The Kier molecular flexibility index (Phi) is 9.18. The van der Waals surface area contributed by atoms with Crippen LogP contribution < -0.4 is 0 Å². The van der Waals surface area contributed by atoms with Gasteiger partial charge in [-0.1, -0.05) is 19.3 Å². The molecule has 5 nitrogen and oxygen atoms in total. The molecule has 0 radical (unpaired) electrons. The summed E-state index contributed by atoms with van der Waals surface area (Å²) in [6, 6.07) is 0. The fourth-order valence-corrected chi connectivity index (χ4v) is 1.25. The van der Waals surface area contributed by atoms with E-state index >= 15 is 0 Å². The van der Waals surface area contributed by atoms with Crippen molar-refractivity contribution in [3.05, 3.63) is 0 Å².